The van der Waals surface area contributed by atoms with E-state index in [0.29, 0.717) is 0 Å². The second-order valence-electron chi connectivity index (χ2n) is 4.43. The Kier molecular flexibility index (Phi) is 2.76. The Balaban J connectivity index is 2.13. The minimum Gasteiger partial charge on any atom is -0.545 e. The first-order valence-corrected chi connectivity index (χ1v) is 6.04. The molecule has 3 rings (SSSR count). The number of carboxylic acid groups (broad SMARTS) is 1. The Morgan fingerprint density at radius 3 is 2.26 bits per heavy atom. The number of hydrogen-bond acceptors (Lipinski definition) is 2. The Morgan fingerprint density at radius 2 is 1.47 bits per heavy atom. The third-order valence-corrected chi connectivity index (χ3v) is 3.18. The average molecular weight is 247 g/mol. The number of carboxylic acids is 1. The number of hydrogen-bond donors (Lipinski definition) is 0. The molecular formula is C17H11O2-. The molecule has 19 heavy (non-hydrogen) atoms. The third-order valence-electron chi connectivity index (χ3n) is 3.18. The fraction of sp³-hybridized carbons (Fsp3) is 0. The molecule has 0 saturated heterocycles. The number of benzene rings is 3. The number of rotatable bonds is 2. The molecule has 3 aromatic carbocycles. The van der Waals surface area contributed by atoms with Crippen LogP contribution in [0.15, 0.2) is 66.7 Å². The molecule has 0 atom stereocenters. The summed E-state index contributed by atoms with van der Waals surface area (Å²) in [5, 5.41) is 13.2. The van der Waals surface area contributed by atoms with E-state index in [1.54, 1.807) is 18.2 Å². The van der Waals surface area contributed by atoms with Gasteiger partial charge in [-0.3, -0.25) is 0 Å². The highest BCUT2D eigenvalue weighted by atomic mass is 16.4. The Hall–Kier alpha value is -2.61. The molecule has 0 aliphatic heterocycles. The summed E-state index contributed by atoms with van der Waals surface area (Å²) in [6, 6.07) is 21.0. The lowest BCUT2D eigenvalue weighted by molar-refractivity contribution is -0.255. The summed E-state index contributed by atoms with van der Waals surface area (Å²) < 4.78 is 0. The molecule has 0 amide bonds. The molecule has 2 nitrogen and oxygen atoms in total. The summed E-state index contributed by atoms with van der Waals surface area (Å²) in [6.45, 7) is 0. The summed E-state index contributed by atoms with van der Waals surface area (Å²) in [5.41, 5.74) is 2.08. The van der Waals surface area contributed by atoms with E-state index in [2.05, 4.69) is 12.1 Å². The zero-order valence-electron chi connectivity index (χ0n) is 10.2. The minimum absolute atomic E-state index is 0.200. The van der Waals surface area contributed by atoms with Gasteiger partial charge in [0.2, 0.25) is 0 Å². The predicted molar refractivity (Wildman–Crippen MR) is 73.7 cm³/mol. The fourth-order valence-electron chi connectivity index (χ4n) is 2.19. The van der Waals surface area contributed by atoms with Gasteiger partial charge in [0, 0.05) is 0 Å². The molecule has 0 N–H and O–H groups in total. The van der Waals surface area contributed by atoms with E-state index in [1.807, 2.05) is 36.4 Å². The van der Waals surface area contributed by atoms with Gasteiger partial charge in [-0.25, -0.2) is 0 Å². The largest absolute Gasteiger partial charge is 0.545 e. The maximum Gasteiger partial charge on any atom is 0.0715 e. The first-order chi connectivity index (χ1) is 9.24. The summed E-state index contributed by atoms with van der Waals surface area (Å²) in [6.07, 6.45) is 0. The Morgan fingerprint density at radius 1 is 0.737 bits per heavy atom. The van der Waals surface area contributed by atoms with Crippen LogP contribution < -0.4 is 5.11 Å². The maximum atomic E-state index is 10.9. The highest BCUT2D eigenvalue weighted by molar-refractivity contribution is 5.90. The van der Waals surface area contributed by atoms with Gasteiger partial charge in [0.1, 0.15) is 0 Å². The number of carbonyl (C=O) groups is 1. The van der Waals surface area contributed by atoms with Crippen LogP contribution in [0.2, 0.25) is 0 Å². The zero-order chi connectivity index (χ0) is 13.2. The van der Waals surface area contributed by atoms with Gasteiger partial charge in [0.05, 0.1) is 5.97 Å². The van der Waals surface area contributed by atoms with Crippen molar-refractivity contribution in [2.24, 2.45) is 0 Å². The quantitative estimate of drug-likeness (QED) is 0.698. The van der Waals surface area contributed by atoms with Gasteiger partial charge in [-0.05, 0) is 39.6 Å². The smallest absolute Gasteiger partial charge is 0.0715 e. The normalized spacial score (nSPS) is 10.5. The van der Waals surface area contributed by atoms with Gasteiger partial charge in [-0.1, -0.05) is 54.6 Å². The van der Waals surface area contributed by atoms with E-state index in [1.165, 1.54) is 5.39 Å². The molecule has 0 saturated carbocycles. The molecule has 0 aromatic heterocycles. The van der Waals surface area contributed by atoms with Crippen LogP contribution in [0, 0.1) is 0 Å². The maximum absolute atomic E-state index is 10.9. The lowest BCUT2D eigenvalue weighted by Crippen LogP contribution is -2.22. The van der Waals surface area contributed by atoms with Crippen molar-refractivity contribution in [3.63, 3.8) is 0 Å². The van der Waals surface area contributed by atoms with E-state index < -0.39 is 5.97 Å². The van der Waals surface area contributed by atoms with Crippen LogP contribution in [-0.2, 0) is 0 Å². The molecule has 0 radical (unpaired) electrons. The SMILES string of the molecule is O=C([O-])c1cccc(-c2ccc3ccccc3c2)c1. The predicted octanol–water partition coefficient (Wildman–Crippen LogP) is 2.87. The second-order valence-corrected chi connectivity index (χ2v) is 4.43. The molecule has 0 aliphatic carbocycles. The van der Waals surface area contributed by atoms with Crippen LogP contribution in [0.25, 0.3) is 21.9 Å². The van der Waals surface area contributed by atoms with Crippen molar-refractivity contribution in [1.82, 2.24) is 0 Å². The molecule has 0 heterocycles. The summed E-state index contributed by atoms with van der Waals surface area (Å²) in [4.78, 5) is 10.9. The first kappa shape index (κ1) is 11.5. The highest BCUT2D eigenvalue weighted by Gasteiger charge is 2.01. The van der Waals surface area contributed by atoms with Gasteiger partial charge in [0.25, 0.3) is 0 Å². The van der Waals surface area contributed by atoms with Crippen LogP contribution in [0.4, 0.5) is 0 Å². The minimum atomic E-state index is -1.15. The number of fused-ring (bicyclic) bond motifs is 1. The molecule has 0 spiro atoms. The van der Waals surface area contributed by atoms with Gasteiger partial charge in [-0.2, -0.15) is 0 Å². The lowest BCUT2D eigenvalue weighted by atomic mass is 10.00. The van der Waals surface area contributed by atoms with Gasteiger partial charge in [-0.15, -0.1) is 0 Å². The third kappa shape index (κ3) is 2.20. The van der Waals surface area contributed by atoms with E-state index in [0.717, 1.165) is 16.5 Å². The standard InChI is InChI=1S/C17H12O2/c18-17(19)16-7-3-6-14(11-16)15-9-8-12-4-1-2-5-13(12)10-15/h1-11H,(H,18,19)/p-1. The molecular weight excluding hydrogens is 236 g/mol. The summed E-state index contributed by atoms with van der Waals surface area (Å²) >= 11 is 0. The highest BCUT2D eigenvalue weighted by Crippen LogP contribution is 2.24. The van der Waals surface area contributed by atoms with Crippen molar-refractivity contribution < 1.29 is 9.90 Å². The van der Waals surface area contributed by atoms with Gasteiger partial charge >= 0.3 is 0 Å². The monoisotopic (exact) mass is 247 g/mol. The van der Waals surface area contributed by atoms with Crippen molar-refractivity contribution in [2.75, 3.05) is 0 Å². The molecule has 0 unspecified atom stereocenters. The Labute approximate surface area is 110 Å². The van der Waals surface area contributed by atoms with Crippen molar-refractivity contribution in [3.05, 3.63) is 72.3 Å². The van der Waals surface area contributed by atoms with Gasteiger partial charge in [0.15, 0.2) is 0 Å². The van der Waals surface area contributed by atoms with Crippen LogP contribution >= 0.6 is 0 Å². The van der Waals surface area contributed by atoms with Crippen molar-refractivity contribution in [2.45, 2.75) is 0 Å². The summed E-state index contributed by atoms with van der Waals surface area (Å²) in [7, 11) is 0. The van der Waals surface area contributed by atoms with E-state index in [-0.39, 0.29) is 5.56 Å². The van der Waals surface area contributed by atoms with Crippen LogP contribution in [0.1, 0.15) is 10.4 Å². The second kappa shape index (κ2) is 4.58. The van der Waals surface area contributed by atoms with E-state index >= 15 is 0 Å². The Bertz CT molecular complexity index is 760. The van der Waals surface area contributed by atoms with E-state index in [9.17, 15) is 9.90 Å². The fourth-order valence-corrected chi connectivity index (χ4v) is 2.19. The van der Waals surface area contributed by atoms with Crippen molar-refractivity contribution in [3.8, 4) is 11.1 Å². The molecule has 0 bridgehead atoms. The molecule has 92 valence electrons. The zero-order valence-corrected chi connectivity index (χ0v) is 10.2. The number of carbonyl (C=O) groups excluding carboxylic acids is 1. The van der Waals surface area contributed by atoms with Gasteiger partial charge < -0.3 is 9.90 Å². The van der Waals surface area contributed by atoms with Crippen LogP contribution in [0.3, 0.4) is 0 Å². The first-order valence-electron chi connectivity index (χ1n) is 6.04. The molecule has 0 aliphatic rings. The van der Waals surface area contributed by atoms with Crippen molar-refractivity contribution in [1.29, 1.82) is 0 Å². The molecule has 3 aromatic rings. The number of aromatic carboxylic acids is 1. The van der Waals surface area contributed by atoms with Crippen LogP contribution in [-0.4, -0.2) is 5.97 Å². The topological polar surface area (TPSA) is 40.1 Å². The molecule has 0 fully saturated rings. The van der Waals surface area contributed by atoms with Crippen LogP contribution in [0.5, 0.6) is 0 Å². The van der Waals surface area contributed by atoms with E-state index in [4.69, 9.17) is 0 Å². The molecule has 2 heteroatoms. The summed E-state index contributed by atoms with van der Waals surface area (Å²) in [5.74, 6) is -1.15. The lowest BCUT2D eigenvalue weighted by Gasteiger charge is -2.07. The average Bonchev–Trinajstić information content (AvgIpc) is 2.47. The van der Waals surface area contributed by atoms with Crippen molar-refractivity contribution >= 4 is 16.7 Å².